The first-order valence-electron chi connectivity index (χ1n) is 8.39. The third-order valence-corrected chi connectivity index (χ3v) is 4.91. The Balaban J connectivity index is 1.41. The summed E-state index contributed by atoms with van der Waals surface area (Å²) in [4.78, 5) is 2.51. The molecule has 1 saturated heterocycles. The third-order valence-electron chi connectivity index (χ3n) is 4.91. The second-order valence-electron chi connectivity index (χ2n) is 6.37. The van der Waals surface area contributed by atoms with Gasteiger partial charge in [0, 0.05) is 37.0 Å². The summed E-state index contributed by atoms with van der Waals surface area (Å²) < 4.78 is 13.5. The lowest BCUT2D eigenvalue weighted by molar-refractivity contribution is 0.162. The molecule has 1 aromatic carbocycles. The summed E-state index contributed by atoms with van der Waals surface area (Å²) >= 11 is 0. The van der Waals surface area contributed by atoms with Crippen LogP contribution < -0.4 is 9.47 Å². The fraction of sp³-hybridized carbons (Fsp3) is 0.500. The zero-order valence-electron chi connectivity index (χ0n) is 13.6. The van der Waals surface area contributed by atoms with E-state index in [1.165, 1.54) is 24.1 Å². The normalized spacial score (nSPS) is 19.0. The Morgan fingerprint density at radius 2 is 1.96 bits per heavy atom. The first-order chi connectivity index (χ1) is 11.3. The maximum Gasteiger partial charge on any atom is 0.165 e. The van der Waals surface area contributed by atoms with Gasteiger partial charge >= 0.3 is 0 Å². The van der Waals surface area contributed by atoms with Gasteiger partial charge in [-0.25, -0.2) is 0 Å². The Morgan fingerprint density at radius 1 is 1.13 bits per heavy atom. The number of nitrogens with zero attached hydrogens (tertiary/aromatic N) is 3. The van der Waals surface area contributed by atoms with Gasteiger partial charge in [0.2, 0.25) is 0 Å². The van der Waals surface area contributed by atoms with Gasteiger partial charge in [-0.1, -0.05) is 12.1 Å². The van der Waals surface area contributed by atoms with Crippen LogP contribution in [0.3, 0.4) is 0 Å². The van der Waals surface area contributed by atoms with E-state index in [1.807, 2.05) is 24.0 Å². The van der Waals surface area contributed by atoms with Crippen LogP contribution in [0.1, 0.15) is 30.0 Å². The highest BCUT2D eigenvalue weighted by atomic mass is 16.6. The van der Waals surface area contributed by atoms with Crippen LogP contribution in [0.15, 0.2) is 30.5 Å². The van der Waals surface area contributed by atoms with E-state index in [-0.39, 0.29) is 0 Å². The molecule has 0 unspecified atom stereocenters. The van der Waals surface area contributed by atoms with E-state index >= 15 is 0 Å². The summed E-state index contributed by atoms with van der Waals surface area (Å²) in [6.07, 6.45) is 4.27. The Hall–Kier alpha value is -2.01. The molecule has 0 aliphatic carbocycles. The zero-order valence-corrected chi connectivity index (χ0v) is 13.6. The van der Waals surface area contributed by atoms with Crippen molar-refractivity contribution in [3.05, 3.63) is 41.7 Å². The van der Waals surface area contributed by atoms with Crippen LogP contribution in [0, 0.1) is 0 Å². The molecule has 0 atom stereocenters. The quantitative estimate of drug-likeness (QED) is 0.873. The fourth-order valence-electron chi connectivity index (χ4n) is 3.67. The summed E-state index contributed by atoms with van der Waals surface area (Å²) in [6.45, 7) is 4.45. The predicted octanol–water partition coefficient (Wildman–Crippen LogP) is 2.57. The van der Waals surface area contributed by atoms with Crippen molar-refractivity contribution in [1.29, 1.82) is 0 Å². The molecular weight excluding hydrogens is 290 g/mol. The molecule has 5 heteroatoms. The van der Waals surface area contributed by atoms with Gasteiger partial charge in [-0.3, -0.25) is 9.58 Å². The first kappa shape index (κ1) is 14.6. The molecule has 5 nitrogen and oxygen atoms in total. The molecule has 4 rings (SSSR count). The second kappa shape index (κ2) is 6.24. The Bertz CT molecular complexity index is 675. The number of hydrogen-bond acceptors (Lipinski definition) is 4. The monoisotopic (exact) mass is 313 g/mol. The smallest absolute Gasteiger partial charge is 0.165 e. The molecule has 122 valence electrons. The van der Waals surface area contributed by atoms with Crippen LogP contribution in [0.5, 0.6) is 11.5 Å². The minimum Gasteiger partial charge on any atom is -0.486 e. The minimum atomic E-state index is 0.628. The number of rotatable bonds is 3. The number of aromatic nitrogens is 2. The van der Waals surface area contributed by atoms with Crippen LogP contribution in [-0.4, -0.2) is 41.0 Å². The molecule has 2 aromatic rings. The molecule has 2 aliphatic rings. The van der Waals surface area contributed by atoms with E-state index in [4.69, 9.17) is 9.47 Å². The Morgan fingerprint density at radius 3 is 2.74 bits per heavy atom. The molecular formula is C18H23N3O2. The van der Waals surface area contributed by atoms with Gasteiger partial charge in [-0.15, -0.1) is 0 Å². The SMILES string of the molecule is Cn1nccc1C1CCN(Cc2cccc3c2OCCO3)CC1. The van der Waals surface area contributed by atoms with Crippen molar-refractivity contribution in [3.63, 3.8) is 0 Å². The van der Waals surface area contributed by atoms with Crippen molar-refractivity contribution in [1.82, 2.24) is 14.7 Å². The summed E-state index contributed by atoms with van der Waals surface area (Å²) in [5.74, 6) is 2.45. The summed E-state index contributed by atoms with van der Waals surface area (Å²) in [5.41, 5.74) is 2.60. The van der Waals surface area contributed by atoms with Gasteiger partial charge in [0.15, 0.2) is 11.5 Å². The van der Waals surface area contributed by atoms with Crippen molar-refractivity contribution in [2.45, 2.75) is 25.3 Å². The predicted molar refractivity (Wildman–Crippen MR) is 87.9 cm³/mol. The minimum absolute atomic E-state index is 0.628. The number of ether oxygens (including phenoxy) is 2. The van der Waals surface area contributed by atoms with Crippen LogP contribution in [0.2, 0.25) is 0 Å². The number of fused-ring (bicyclic) bond motifs is 1. The summed E-state index contributed by atoms with van der Waals surface area (Å²) in [7, 11) is 2.04. The molecule has 2 aliphatic heterocycles. The molecule has 0 spiro atoms. The topological polar surface area (TPSA) is 39.5 Å². The lowest BCUT2D eigenvalue weighted by Crippen LogP contribution is -2.33. The molecule has 0 N–H and O–H groups in total. The van der Waals surface area contributed by atoms with Gasteiger partial charge in [-0.2, -0.15) is 5.10 Å². The number of likely N-dealkylation sites (tertiary alicyclic amines) is 1. The van der Waals surface area contributed by atoms with Crippen molar-refractivity contribution >= 4 is 0 Å². The molecule has 1 aromatic heterocycles. The maximum atomic E-state index is 5.83. The standard InChI is InChI=1S/C18H23N3O2/c1-20-16(5-8-19-20)14-6-9-21(10-7-14)13-15-3-2-4-17-18(15)23-12-11-22-17/h2-5,8,14H,6-7,9-13H2,1H3. The first-order valence-corrected chi connectivity index (χ1v) is 8.39. The van der Waals surface area contributed by atoms with Crippen LogP contribution in [0.25, 0.3) is 0 Å². The Labute approximate surface area is 136 Å². The maximum absolute atomic E-state index is 5.83. The van der Waals surface area contributed by atoms with Crippen molar-refractivity contribution in [3.8, 4) is 11.5 Å². The molecule has 1 fully saturated rings. The van der Waals surface area contributed by atoms with E-state index in [2.05, 4.69) is 28.2 Å². The van der Waals surface area contributed by atoms with E-state index in [0.717, 1.165) is 31.1 Å². The number of benzene rings is 1. The van der Waals surface area contributed by atoms with Crippen molar-refractivity contribution < 1.29 is 9.47 Å². The number of hydrogen-bond donors (Lipinski definition) is 0. The van der Waals surface area contributed by atoms with Crippen molar-refractivity contribution in [2.75, 3.05) is 26.3 Å². The average molecular weight is 313 g/mol. The van der Waals surface area contributed by atoms with Gasteiger partial charge in [0.05, 0.1) is 0 Å². The van der Waals surface area contributed by atoms with E-state index in [1.54, 1.807) is 0 Å². The van der Waals surface area contributed by atoms with Crippen LogP contribution in [0.4, 0.5) is 0 Å². The van der Waals surface area contributed by atoms with Gasteiger partial charge in [0.1, 0.15) is 13.2 Å². The highest BCUT2D eigenvalue weighted by Gasteiger charge is 2.24. The molecule has 3 heterocycles. The molecule has 0 radical (unpaired) electrons. The zero-order chi connectivity index (χ0) is 15.6. The summed E-state index contributed by atoms with van der Waals surface area (Å²) in [6, 6.07) is 8.36. The van der Waals surface area contributed by atoms with Crippen LogP contribution in [-0.2, 0) is 13.6 Å². The number of aryl methyl sites for hydroxylation is 1. The third kappa shape index (κ3) is 2.93. The average Bonchev–Trinajstić information content (AvgIpc) is 3.02. The van der Waals surface area contributed by atoms with Crippen molar-refractivity contribution in [2.24, 2.45) is 7.05 Å². The Kier molecular flexibility index (Phi) is 3.95. The highest BCUT2D eigenvalue weighted by Crippen LogP contribution is 2.35. The fourth-order valence-corrected chi connectivity index (χ4v) is 3.67. The number of para-hydroxylation sites is 1. The van der Waals surface area contributed by atoms with Crippen LogP contribution >= 0.6 is 0 Å². The molecule has 23 heavy (non-hydrogen) atoms. The molecule has 0 amide bonds. The lowest BCUT2D eigenvalue weighted by atomic mass is 9.93. The highest BCUT2D eigenvalue weighted by molar-refractivity contribution is 5.47. The number of piperidine rings is 1. The second-order valence-corrected chi connectivity index (χ2v) is 6.37. The van der Waals surface area contributed by atoms with Gasteiger partial charge < -0.3 is 9.47 Å². The van der Waals surface area contributed by atoms with E-state index in [9.17, 15) is 0 Å². The summed E-state index contributed by atoms with van der Waals surface area (Å²) in [5, 5.41) is 4.30. The van der Waals surface area contributed by atoms with Gasteiger partial charge in [-0.05, 0) is 38.1 Å². The molecule has 0 bridgehead atoms. The van der Waals surface area contributed by atoms with E-state index < -0.39 is 0 Å². The largest absolute Gasteiger partial charge is 0.486 e. The molecule has 0 saturated carbocycles. The van der Waals surface area contributed by atoms with Gasteiger partial charge in [0.25, 0.3) is 0 Å². The lowest BCUT2D eigenvalue weighted by Gasteiger charge is -2.32. The van der Waals surface area contributed by atoms with E-state index in [0.29, 0.717) is 19.1 Å².